The van der Waals surface area contributed by atoms with E-state index in [0.29, 0.717) is 0 Å². The zero-order valence-electron chi connectivity index (χ0n) is 18.2. The lowest BCUT2D eigenvalue weighted by molar-refractivity contribution is 0.302. The molecule has 0 N–H and O–H groups in total. The van der Waals surface area contributed by atoms with Gasteiger partial charge in [0.1, 0.15) is 0 Å². The van der Waals surface area contributed by atoms with Gasteiger partial charge in [0.2, 0.25) is 0 Å². The maximum atomic E-state index is 8.90. The molecule has 1 fully saturated rings. The molecular formula is C28H37N. The maximum absolute atomic E-state index is 8.90. The highest BCUT2D eigenvalue weighted by molar-refractivity contribution is 5.32. The molecule has 0 aliphatic heterocycles. The minimum Gasteiger partial charge on any atom is -0.192 e. The summed E-state index contributed by atoms with van der Waals surface area (Å²) in [5.41, 5.74) is 5.01. The second-order valence-electron chi connectivity index (χ2n) is 8.97. The summed E-state index contributed by atoms with van der Waals surface area (Å²) in [6.45, 7) is 2.29. The van der Waals surface area contributed by atoms with E-state index in [1.807, 2.05) is 12.1 Å². The highest BCUT2D eigenvalue weighted by Gasteiger charge is 2.21. The molecule has 0 atom stereocenters. The van der Waals surface area contributed by atoms with Crippen LogP contribution in [0.3, 0.4) is 0 Å². The minimum absolute atomic E-state index is 0.740. The quantitative estimate of drug-likeness (QED) is 0.379. The minimum atomic E-state index is 0.740. The topological polar surface area (TPSA) is 23.8 Å². The van der Waals surface area contributed by atoms with Crippen LogP contribution < -0.4 is 0 Å². The van der Waals surface area contributed by atoms with E-state index in [9.17, 15) is 0 Å². The van der Waals surface area contributed by atoms with Crippen molar-refractivity contribution in [1.82, 2.24) is 0 Å². The molecular weight excluding hydrogens is 350 g/mol. The van der Waals surface area contributed by atoms with Gasteiger partial charge in [-0.3, -0.25) is 0 Å². The molecule has 0 radical (unpaired) electrons. The zero-order valence-corrected chi connectivity index (χ0v) is 18.2. The van der Waals surface area contributed by atoms with Crippen molar-refractivity contribution in [3.05, 3.63) is 70.8 Å². The van der Waals surface area contributed by atoms with Crippen LogP contribution >= 0.6 is 0 Å². The van der Waals surface area contributed by atoms with E-state index in [-0.39, 0.29) is 0 Å². The van der Waals surface area contributed by atoms with E-state index in [0.717, 1.165) is 30.2 Å². The van der Waals surface area contributed by atoms with Gasteiger partial charge in [0, 0.05) is 0 Å². The zero-order chi connectivity index (χ0) is 20.3. The fourth-order valence-electron chi connectivity index (χ4n) is 4.81. The molecule has 0 bridgehead atoms. The lowest BCUT2D eigenvalue weighted by Gasteiger charge is -2.29. The summed E-state index contributed by atoms with van der Waals surface area (Å²) in [7, 11) is 0. The molecule has 1 nitrogen and oxygen atoms in total. The number of hydrogen-bond acceptors (Lipinski definition) is 1. The van der Waals surface area contributed by atoms with Crippen molar-refractivity contribution in [2.24, 2.45) is 5.92 Å². The Morgan fingerprint density at radius 1 is 0.759 bits per heavy atom. The lowest BCUT2D eigenvalue weighted by atomic mass is 9.77. The first-order chi connectivity index (χ1) is 14.3. The molecule has 0 unspecified atom stereocenters. The lowest BCUT2D eigenvalue weighted by Crippen LogP contribution is -2.13. The van der Waals surface area contributed by atoms with Gasteiger partial charge in [0.05, 0.1) is 11.6 Å². The second kappa shape index (κ2) is 11.8. The van der Waals surface area contributed by atoms with E-state index in [1.54, 1.807) is 5.56 Å². The van der Waals surface area contributed by atoms with Gasteiger partial charge in [-0.05, 0) is 79.2 Å². The number of hydrogen-bond donors (Lipinski definition) is 0. The van der Waals surface area contributed by atoms with Gasteiger partial charge < -0.3 is 0 Å². The maximum Gasteiger partial charge on any atom is 0.0991 e. The van der Waals surface area contributed by atoms with Gasteiger partial charge in [-0.1, -0.05) is 81.8 Å². The summed E-state index contributed by atoms with van der Waals surface area (Å²) in [6, 6.07) is 19.6. The first kappa shape index (κ1) is 21.6. The van der Waals surface area contributed by atoms with Crippen LogP contribution in [0.5, 0.6) is 0 Å². The molecule has 1 aliphatic rings. The summed E-state index contributed by atoms with van der Waals surface area (Å²) in [5, 5.41) is 8.90. The van der Waals surface area contributed by atoms with E-state index in [4.69, 9.17) is 5.26 Å². The predicted octanol–water partition coefficient (Wildman–Crippen LogP) is 7.98. The summed E-state index contributed by atoms with van der Waals surface area (Å²) in [4.78, 5) is 0. The summed E-state index contributed by atoms with van der Waals surface area (Å²) in [6.07, 6.45) is 16.3. The van der Waals surface area contributed by atoms with E-state index in [2.05, 4.69) is 49.4 Å². The highest BCUT2D eigenvalue weighted by Crippen LogP contribution is 2.37. The number of unbranched alkanes of at least 4 members (excludes halogenated alkanes) is 4. The monoisotopic (exact) mass is 387 g/mol. The highest BCUT2D eigenvalue weighted by atomic mass is 14.3. The Hall–Kier alpha value is -2.07. The Labute approximate surface area is 178 Å². The molecule has 2 aromatic rings. The molecule has 2 aromatic carbocycles. The second-order valence-corrected chi connectivity index (χ2v) is 8.97. The molecule has 3 rings (SSSR count). The third kappa shape index (κ3) is 7.04. The van der Waals surface area contributed by atoms with Crippen LogP contribution in [0.1, 0.15) is 99.3 Å². The third-order valence-corrected chi connectivity index (χ3v) is 6.80. The molecule has 29 heavy (non-hydrogen) atoms. The van der Waals surface area contributed by atoms with Gasteiger partial charge in [-0.25, -0.2) is 0 Å². The van der Waals surface area contributed by atoms with Crippen LogP contribution in [-0.2, 0) is 12.8 Å². The van der Waals surface area contributed by atoms with Gasteiger partial charge in [-0.2, -0.15) is 5.26 Å². The molecule has 0 spiro atoms. The Bertz CT molecular complexity index is 742. The SMILES string of the molecule is CCCCCCC[C@H]1CC[C@H](c2ccc(CCc3ccc(C#N)cc3)cc2)CC1. The molecule has 1 aliphatic carbocycles. The van der Waals surface area contributed by atoms with Crippen molar-refractivity contribution >= 4 is 0 Å². The summed E-state index contributed by atoms with van der Waals surface area (Å²) >= 11 is 0. The van der Waals surface area contributed by atoms with Crippen molar-refractivity contribution < 1.29 is 0 Å². The first-order valence-electron chi connectivity index (χ1n) is 11.9. The number of rotatable bonds is 10. The smallest absolute Gasteiger partial charge is 0.0991 e. The standard InChI is InChI=1S/C28H37N/c1-2-3-4-5-6-7-23-14-18-27(19-15-23)28-20-16-25(17-21-28)9-8-24-10-12-26(22-29)13-11-24/h10-13,16-17,20-21,23,27H,2-9,14-15,18-19H2,1H3/t23-,27-. The fraction of sp³-hybridized carbons (Fsp3) is 0.536. The number of aryl methyl sites for hydroxylation is 2. The van der Waals surface area contributed by atoms with Crippen molar-refractivity contribution in [2.45, 2.75) is 89.9 Å². The van der Waals surface area contributed by atoms with Crippen LogP contribution in [0.4, 0.5) is 0 Å². The normalized spacial score (nSPS) is 19.0. The molecule has 1 saturated carbocycles. The molecule has 154 valence electrons. The first-order valence-corrected chi connectivity index (χ1v) is 11.9. The largest absolute Gasteiger partial charge is 0.192 e. The fourth-order valence-corrected chi connectivity index (χ4v) is 4.81. The average molecular weight is 388 g/mol. The third-order valence-electron chi connectivity index (χ3n) is 6.80. The summed E-state index contributed by atoms with van der Waals surface area (Å²) in [5.74, 6) is 1.76. The molecule has 0 amide bonds. The van der Waals surface area contributed by atoms with Gasteiger partial charge in [-0.15, -0.1) is 0 Å². The van der Waals surface area contributed by atoms with Crippen LogP contribution in [0.25, 0.3) is 0 Å². The van der Waals surface area contributed by atoms with Crippen molar-refractivity contribution in [3.63, 3.8) is 0 Å². The molecule has 1 heteroatoms. The van der Waals surface area contributed by atoms with Crippen molar-refractivity contribution in [1.29, 1.82) is 5.26 Å². The Kier molecular flexibility index (Phi) is 8.82. The number of benzene rings is 2. The Morgan fingerprint density at radius 2 is 1.34 bits per heavy atom. The predicted molar refractivity (Wildman–Crippen MR) is 123 cm³/mol. The van der Waals surface area contributed by atoms with Crippen LogP contribution in [0, 0.1) is 17.2 Å². The number of nitriles is 1. The van der Waals surface area contributed by atoms with E-state index in [1.165, 1.54) is 75.3 Å². The molecule has 0 heterocycles. The van der Waals surface area contributed by atoms with Gasteiger partial charge >= 0.3 is 0 Å². The summed E-state index contributed by atoms with van der Waals surface area (Å²) < 4.78 is 0. The van der Waals surface area contributed by atoms with Crippen molar-refractivity contribution in [3.8, 4) is 6.07 Å². The van der Waals surface area contributed by atoms with Crippen LogP contribution in [-0.4, -0.2) is 0 Å². The van der Waals surface area contributed by atoms with Crippen LogP contribution in [0.2, 0.25) is 0 Å². The Balaban J connectivity index is 1.39. The van der Waals surface area contributed by atoms with Crippen LogP contribution in [0.15, 0.2) is 48.5 Å². The number of nitrogens with zero attached hydrogens (tertiary/aromatic N) is 1. The van der Waals surface area contributed by atoms with Gasteiger partial charge in [0.15, 0.2) is 0 Å². The van der Waals surface area contributed by atoms with Gasteiger partial charge in [0.25, 0.3) is 0 Å². The Morgan fingerprint density at radius 3 is 1.93 bits per heavy atom. The average Bonchev–Trinajstić information content (AvgIpc) is 2.79. The van der Waals surface area contributed by atoms with Crippen molar-refractivity contribution in [2.75, 3.05) is 0 Å². The van der Waals surface area contributed by atoms with E-state index >= 15 is 0 Å². The van der Waals surface area contributed by atoms with E-state index < -0.39 is 0 Å². The molecule has 0 aromatic heterocycles. The molecule has 0 saturated heterocycles.